The predicted molar refractivity (Wildman–Crippen MR) is 72.1 cm³/mol. The second kappa shape index (κ2) is 6.43. The van der Waals surface area contributed by atoms with Gasteiger partial charge in [-0.2, -0.15) is 5.10 Å². The van der Waals surface area contributed by atoms with Gasteiger partial charge in [-0.25, -0.2) is 9.37 Å². The summed E-state index contributed by atoms with van der Waals surface area (Å²) in [6, 6.07) is 6.91. The van der Waals surface area contributed by atoms with Crippen LogP contribution in [0.5, 0.6) is 0 Å². The van der Waals surface area contributed by atoms with Crippen LogP contribution in [0.25, 0.3) is 0 Å². The van der Waals surface area contributed by atoms with E-state index in [4.69, 9.17) is 0 Å². The molecule has 1 atom stereocenters. The van der Waals surface area contributed by atoms with Crippen molar-refractivity contribution in [2.24, 2.45) is 7.05 Å². The van der Waals surface area contributed by atoms with Gasteiger partial charge in [-0.3, -0.25) is 4.68 Å². The van der Waals surface area contributed by atoms with E-state index < -0.39 is 0 Å². The second-order valence-corrected chi connectivity index (χ2v) is 4.55. The first kappa shape index (κ1) is 13.7. The molecule has 0 saturated carbocycles. The molecule has 2 rings (SSSR count). The monoisotopic (exact) mass is 262 g/mol. The molecule has 0 radical (unpaired) electrons. The van der Waals surface area contributed by atoms with Crippen molar-refractivity contribution >= 4 is 0 Å². The molecule has 1 aromatic carbocycles. The number of aryl methyl sites for hydroxylation is 1. The van der Waals surface area contributed by atoms with Gasteiger partial charge in [0.1, 0.15) is 12.1 Å². The maximum Gasteiger partial charge on any atom is 0.151 e. The highest BCUT2D eigenvalue weighted by atomic mass is 19.1. The number of aromatic nitrogens is 3. The van der Waals surface area contributed by atoms with Gasteiger partial charge < -0.3 is 5.32 Å². The highest BCUT2D eigenvalue weighted by molar-refractivity contribution is 5.20. The van der Waals surface area contributed by atoms with E-state index in [2.05, 4.69) is 22.3 Å². The summed E-state index contributed by atoms with van der Waals surface area (Å²) in [4.78, 5) is 4.18. The van der Waals surface area contributed by atoms with Crippen LogP contribution in [-0.2, 0) is 13.5 Å². The molecule has 5 heteroatoms. The highest BCUT2D eigenvalue weighted by Crippen LogP contribution is 2.17. The van der Waals surface area contributed by atoms with Crippen molar-refractivity contribution in [2.45, 2.75) is 25.8 Å². The lowest BCUT2D eigenvalue weighted by molar-refractivity contribution is 0.513. The lowest BCUT2D eigenvalue weighted by Crippen LogP contribution is -2.23. The smallest absolute Gasteiger partial charge is 0.151 e. The summed E-state index contributed by atoms with van der Waals surface area (Å²) in [6.45, 7) is 2.86. The lowest BCUT2D eigenvalue weighted by atomic mass is 10.0. The molecule has 1 unspecified atom stereocenters. The minimum atomic E-state index is -0.191. The zero-order valence-electron chi connectivity index (χ0n) is 11.3. The van der Waals surface area contributed by atoms with E-state index >= 15 is 0 Å². The van der Waals surface area contributed by atoms with Gasteiger partial charge in [0.05, 0.1) is 0 Å². The molecule has 19 heavy (non-hydrogen) atoms. The van der Waals surface area contributed by atoms with Gasteiger partial charge in [0.15, 0.2) is 5.82 Å². The molecule has 4 nitrogen and oxygen atoms in total. The molecule has 0 spiro atoms. The minimum Gasteiger partial charge on any atom is -0.310 e. The van der Waals surface area contributed by atoms with Gasteiger partial charge >= 0.3 is 0 Å². The van der Waals surface area contributed by atoms with Crippen LogP contribution in [0, 0.1) is 5.82 Å². The summed E-state index contributed by atoms with van der Waals surface area (Å²) < 4.78 is 14.9. The van der Waals surface area contributed by atoms with E-state index in [9.17, 15) is 4.39 Å². The summed E-state index contributed by atoms with van der Waals surface area (Å²) in [5.41, 5.74) is 0.983. The van der Waals surface area contributed by atoms with Gasteiger partial charge in [-0.15, -0.1) is 0 Å². The first-order chi connectivity index (χ1) is 9.19. The van der Waals surface area contributed by atoms with Crippen molar-refractivity contribution in [3.63, 3.8) is 0 Å². The number of hydrogen-bond acceptors (Lipinski definition) is 3. The standard InChI is InChI=1S/C14H19FN4/c1-3-13(11-5-4-6-12(15)9-11)16-8-7-14-17-10-19(2)18-14/h4-6,9-10,13,16H,3,7-8H2,1-2H3. The Morgan fingerprint density at radius 2 is 2.26 bits per heavy atom. The van der Waals surface area contributed by atoms with Crippen molar-refractivity contribution in [1.82, 2.24) is 20.1 Å². The predicted octanol–water partition coefficient (Wildman–Crippen LogP) is 2.24. The van der Waals surface area contributed by atoms with Crippen LogP contribution < -0.4 is 5.32 Å². The Morgan fingerprint density at radius 3 is 2.89 bits per heavy atom. The van der Waals surface area contributed by atoms with E-state index in [0.717, 1.165) is 30.8 Å². The van der Waals surface area contributed by atoms with Crippen molar-refractivity contribution in [1.29, 1.82) is 0 Å². The highest BCUT2D eigenvalue weighted by Gasteiger charge is 2.09. The van der Waals surface area contributed by atoms with Gasteiger partial charge in [-0.05, 0) is 24.1 Å². The van der Waals surface area contributed by atoms with E-state index in [1.165, 1.54) is 6.07 Å². The molecule has 0 aliphatic rings. The topological polar surface area (TPSA) is 42.7 Å². The zero-order chi connectivity index (χ0) is 13.7. The fraction of sp³-hybridized carbons (Fsp3) is 0.429. The molecule has 0 aliphatic heterocycles. The third-order valence-corrected chi connectivity index (χ3v) is 3.05. The Morgan fingerprint density at radius 1 is 1.42 bits per heavy atom. The fourth-order valence-corrected chi connectivity index (χ4v) is 2.08. The lowest BCUT2D eigenvalue weighted by Gasteiger charge is -2.17. The molecule has 0 fully saturated rings. The van der Waals surface area contributed by atoms with Crippen molar-refractivity contribution in [3.8, 4) is 0 Å². The Labute approximate surface area is 112 Å². The minimum absolute atomic E-state index is 0.166. The number of nitrogens with zero attached hydrogens (tertiary/aromatic N) is 3. The van der Waals surface area contributed by atoms with Gasteiger partial charge in [0.2, 0.25) is 0 Å². The van der Waals surface area contributed by atoms with Crippen LogP contribution in [0.4, 0.5) is 4.39 Å². The Hall–Kier alpha value is -1.75. The van der Waals surface area contributed by atoms with E-state index in [1.54, 1.807) is 23.1 Å². The molecule has 2 aromatic rings. The largest absolute Gasteiger partial charge is 0.310 e. The summed E-state index contributed by atoms with van der Waals surface area (Å²) in [5, 5.41) is 7.64. The van der Waals surface area contributed by atoms with Crippen LogP contribution in [-0.4, -0.2) is 21.3 Å². The average molecular weight is 262 g/mol. The first-order valence-corrected chi connectivity index (χ1v) is 6.52. The van der Waals surface area contributed by atoms with Gasteiger partial charge in [0, 0.05) is 26.1 Å². The van der Waals surface area contributed by atoms with Crippen molar-refractivity contribution in [3.05, 3.63) is 47.8 Å². The molecule has 0 saturated heterocycles. The van der Waals surface area contributed by atoms with Crippen LogP contribution in [0.15, 0.2) is 30.6 Å². The number of nitrogens with one attached hydrogen (secondary N) is 1. The van der Waals surface area contributed by atoms with E-state index in [1.807, 2.05) is 13.1 Å². The summed E-state index contributed by atoms with van der Waals surface area (Å²) in [6.07, 6.45) is 3.38. The molecule has 0 bridgehead atoms. The summed E-state index contributed by atoms with van der Waals surface area (Å²) in [7, 11) is 1.85. The molecule has 0 amide bonds. The molecule has 0 aliphatic carbocycles. The normalized spacial score (nSPS) is 12.6. The summed E-state index contributed by atoms with van der Waals surface area (Å²) >= 11 is 0. The third-order valence-electron chi connectivity index (χ3n) is 3.05. The second-order valence-electron chi connectivity index (χ2n) is 4.55. The molecule has 1 heterocycles. The first-order valence-electron chi connectivity index (χ1n) is 6.52. The van der Waals surface area contributed by atoms with E-state index in [-0.39, 0.29) is 11.9 Å². The SMILES string of the molecule is CCC(NCCc1ncn(C)n1)c1cccc(F)c1. The van der Waals surface area contributed by atoms with Crippen LogP contribution in [0.1, 0.15) is 30.8 Å². The van der Waals surface area contributed by atoms with Gasteiger partial charge in [0.25, 0.3) is 0 Å². The zero-order valence-corrected chi connectivity index (χ0v) is 11.3. The van der Waals surface area contributed by atoms with Crippen molar-refractivity contribution < 1.29 is 4.39 Å². The van der Waals surface area contributed by atoms with Crippen LogP contribution >= 0.6 is 0 Å². The number of hydrogen-bond donors (Lipinski definition) is 1. The van der Waals surface area contributed by atoms with Crippen LogP contribution in [0.3, 0.4) is 0 Å². The number of benzene rings is 1. The Balaban J connectivity index is 1.89. The van der Waals surface area contributed by atoms with Gasteiger partial charge in [-0.1, -0.05) is 19.1 Å². The molecule has 1 N–H and O–H groups in total. The van der Waals surface area contributed by atoms with E-state index in [0.29, 0.717) is 0 Å². The molecule has 102 valence electrons. The molecule has 1 aromatic heterocycles. The number of halogens is 1. The summed E-state index contributed by atoms with van der Waals surface area (Å²) in [5.74, 6) is 0.633. The fourth-order valence-electron chi connectivity index (χ4n) is 2.08. The number of rotatable bonds is 6. The maximum absolute atomic E-state index is 13.2. The quantitative estimate of drug-likeness (QED) is 0.868. The molecular formula is C14H19FN4. The van der Waals surface area contributed by atoms with Crippen LogP contribution in [0.2, 0.25) is 0 Å². The van der Waals surface area contributed by atoms with Crippen molar-refractivity contribution in [2.75, 3.05) is 6.54 Å². The Kier molecular flexibility index (Phi) is 4.63. The maximum atomic E-state index is 13.2. The molecular weight excluding hydrogens is 243 g/mol. The average Bonchev–Trinajstić information content (AvgIpc) is 2.80. The Bertz CT molecular complexity index is 524. The third kappa shape index (κ3) is 3.86.